The summed E-state index contributed by atoms with van der Waals surface area (Å²) in [6.45, 7) is 4.87. The second kappa shape index (κ2) is 7.81. The Kier molecular flexibility index (Phi) is 5.96. The minimum absolute atomic E-state index is 0.0314. The summed E-state index contributed by atoms with van der Waals surface area (Å²) in [7, 11) is 0. The molecule has 26 heavy (non-hydrogen) atoms. The van der Waals surface area contributed by atoms with Crippen molar-refractivity contribution in [3.8, 4) is 0 Å². The number of rotatable bonds is 5. The van der Waals surface area contributed by atoms with Crippen LogP contribution in [0.1, 0.15) is 31.1 Å². The van der Waals surface area contributed by atoms with E-state index in [1.807, 2.05) is 0 Å². The van der Waals surface area contributed by atoms with Crippen LogP contribution in [-0.4, -0.2) is 44.3 Å². The fourth-order valence-corrected chi connectivity index (χ4v) is 2.56. The normalized spacial score (nSPS) is 12.3. The molecule has 0 aliphatic heterocycles. The van der Waals surface area contributed by atoms with E-state index in [1.165, 1.54) is 22.9 Å². The maximum atomic E-state index is 14.1. The van der Waals surface area contributed by atoms with Crippen molar-refractivity contribution in [2.24, 2.45) is 0 Å². The van der Waals surface area contributed by atoms with E-state index < -0.39 is 23.5 Å². The van der Waals surface area contributed by atoms with Crippen LogP contribution in [0.5, 0.6) is 0 Å². The predicted molar refractivity (Wildman–Crippen MR) is 95.6 cm³/mol. The van der Waals surface area contributed by atoms with Crippen LogP contribution in [-0.2, 0) is 11.3 Å². The first-order valence-corrected chi connectivity index (χ1v) is 8.43. The van der Waals surface area contributed by atoms with E-state index in [4.69, 9.17) is 9.84 Å². The van der Waals surface area contributed by atoms with E-state index in [9.17, 15) is 14.0 Å². The van der Waals surface area contributed by atoms with Gasteiger partial charge in [-0.05, 0) is 54.9 Å². The average molecular weight is 429 g/mol. The van der Waals surface area contributed by atoms with Gasteiger partial charge in [0.25, 0.3) is 0 Å². The van der Waals surface area contributed by atoms with Gasteiger partial charge in [0.2, 0.25) is 0 Å². The van der Waals surface area contributed by atoms with Gasteiger partial charge in [-0.3, -0.25) is 0 Å². The van der Waals surface area contributed by atoms with Crippen LogP contribution in [0.15, 0.2) is 28.5 Å². The van der Waals surface area contributed by atoms with Crippen molar-refractivity contribution in [2.45, 2.75) is 32.9 Å². The van der Waals surface area contributed by atoms with Crippen LogP contribution >= 0.6 is 15.9 Å². The average Bonchev–Trinajstić information content (AvgIpc) is 2.88. The molecule has 2 aromatic rings. The Labute approximate surface area is 157 Å². The van der Waals surface area contributed by atoms with E-state index in [-0.39, 0.29) is 18.7 Å². The molecule has 1 heterocycles. The monoisotopic (exact) mass is 428 g/mol. The second-order valence-corrected chi connectivity index (χ2v) is 7.27. The molecule has 10 heteroatoms. The molecule has 0 bridgehead atoms. The molecule has 1 amide bonds. The first-order chi connectivity index (χ1) is 12.1. The van der Waals surface area contributed by atoms with Gasteiger partial charge < -0.3 is 15.2 Å². The largest absolute Gasteiger partial charge is 0.478 e. The van der Waals surface area contributed by atoms with E-state index in [1.54, 1.807) is 20.8 Å². The Balaban J connectivity index is 2.08. The zero-order valence-corrected chi connectivity index (χ0v) is 16.0. The fraction of sp³-hybridized carbons (Fsp3) is 0.375. The van der Waals surface area contributed by atoms with Gasteiger partial charge in [-0.2, -0.15) is 0 Å². The second-order valence-electron chi connectivity index (χ2n) is 6.41. The Bertz CT molecular complexity index is 873. The lowest BCUT2D eigenvalue weighted by Crippen LogP contribution is -2.32. The molecule has 0 aliphatic rings. The van der Waals surface area contributed by atoms with Crippen molar-refractivity contribution >= 4 is 39.0 Å². The first kappa shape index (κ1) is 19.8. The van der Waals surface area contributed by atoms with E-state index in [0.29, 0.717) is 15.5 Å². The molecule has 0 radical (unpaired) electrons. The first-order valence-electron chi connectivity index (χ1n) is 7.64. The Morgan fingerprint density at radius 3 is 2.73 bits per heavy atom. The number of ether oxygens (including phenoxy) is 1. The van der Waals surface area contributed by atoms with Crippen LogP contribution in [0.4, 0.5) is 9.18 Å². The molecule has 2 rings (SSSR count). The fourth-order valence-electron chi connectivity index (χ4n) is 2.03. The summed E-state index contributed by atoms with van der Waals surface area (Å²) in [5.41, 5.74) is 0.195. The van der Waals surface area contributed by atoms with Crippen molar-refractivity contribution in [2.75, 3.05) is 6.54 Å². The lowest BCUT2D eigenvalue weighted by atomic mass is 10.2. The predicted octanol–water partition coefficient (Wildman–Crippen LogP) is 3.27. The number of fused-ring (bicyclic) bond motifs is 1. The topological polar surface area (TPSA) is 106 Å². The van der Waals surface area contributed by atoms with Crippen LogP contribution in [0.2, 0.25) is 0 Å². The number of nitrogens with one attached hydrogen (secondary N) is 1. The Hall–Kier alpha value is -2.49. The highest BCUT2D eigenvalue weighted by Crippen LogP contribution is 2.24. The number of aromatic carboxylic acids is 1. The number of halogens is 2. The van der Waals surface area contributed by atoms with Gasteiger partial charge in [0, 0.05) is 11.0 Å². The number of nitrogens with zero attached hydrogens (tertiary/aromatic N) is 3. The quantitative estimate of drug-likeness (QED) is 0.756. The van der Waals surface area contributed by atoms with E-state index in [2.05, 4.69) is 31.6 Å². The van der Waals surface area contributed by atoms with Crippen molar-refractivity contribution < 1.29 is 23.8 Å². The molecular formula is C16H18BrFN4O4. The standard InChI is InChI=1S/C16H18BrFN4O4/c1-16(2,3)26-15(25)19-5-4-10(18)8-22-12-7-9(14(23)24)6-11(17)13(12)20-21-22/h4,6-7H,5,8H2,1-3H3,(H,19,25)(H,23,24)/b10-4-. The number of alkyl carbamates (subject to hydrolysis) is 1. The number of hydrogen-bond acceptors (Lipinski definition) is 5. The van der Waals surface area contributed by atoms with Crippen molar-refractivity contribution in [1.29, 1.82) is 0 Å². The van der Waals surface area contributed by atoms with Crippen LogP contribution < -0.4 is 5.32 Å². The molecule has 140 valence electrons. The molecule has 2 N–H and O–H groups in total. The molecule has 0 aliphatic carbocycles. The minimum Gasteiger partial charge on any atom is -0.478 e. The van der Waals surface area contributed by atoms with Crippen molar-refractivity contribution in [3.05, 3.63) is 34.1 Å². The number of amides is 1. The van der Waals surface area contributed by atoms with Gasteiger partial charge in [0.05, 0.1) is 17.6 Å². The summed E-state index contributed by atoms with van der Waals surface area (Å²) in [6, 6.07) is 2.77. The van der Waals surface area contributed by atoms with Gasteiger partial charge in [0.1, 0.15) is 16.9 Å². The van der Waals surface area contributed by atoms with Gasteiger partial charge in [0.15, 0.2) is 0 Å². The smallest absolute Gasteiger partial charge is 0.407 e. The third-order valence-electron chi connectivity index (χ3n) is 3.09. The SMILES string of the molecule is CC(C)(C)OC(=O)NC/C=C(\F)Cn1nnc2c(Br)cc(C(=O)O)cc21. The summed E-state index contributed by atoms with van der Waals surface area (Å²) >= 11 is 3.23. The number of hydrogen-bond donors (Lipinski definition) is 2. The maximum absolute atomic E-state index is 14.1. The summed E-state index contributed by atoms with van der Waals surface area (Å²) < 4.78 is 20.8. The van der Waals surface area contributed by atoms with Gasteiger partial charge >= 0.3 is 12.1 Å². The molecule has 1 aromatic carbocycles. The number of carboxylic acids is 1. The molecule has 0 atom stereocenters. The molecule has 8 nitrogen and oxygen atoms in total. The summed E-state index contributed by atoms with van der Waals surface area (Å²) in [6.07, 6.45) is 0.524. The van der Waals surface area contributed by atoms with Crippen LogP contribution in [0, 0.1) is 0 Å². The van der Waals surface area contributed by atoms with E-state index >= 15 is 0 Å². The Morgan fingerprint density at radius 2 is 2.12 bits per heavy atom. The number of aromatic nitrogens is 3. The molecule has 0 fully saturated rings. The Morgan fingerprint density at radius 1 is 1.42 bits per heavy atom. The number of carboxylic acid groups (broad SMARTS) is 1. The van der Waals surface area contributed by atoms with Crippen molar-refractivity contribution in [1.82, 2.24) is 20.3 Å². The third-order valence-corrected chi connectivity index (χ3v) is 3.70. The molecule has 1 aromatic heterocycles. The summed E-state index contributed by atoms with van der Waals surface area (Å²) in [5, 5.41) is 19.3. The highest BCUT2D eigenvalue weighted by molar-refractivity contribution is 9.10. The summed E-state index contributed by atoms with van der Waals surface area (Å²) in [4.78, 5) is 22.6. The maximum Gasteiger partial charge on any atom is 0.407 e. The molecule has 0 unspecified atom stereocenters. The number of benzene rings is 1. The zero-order valence-electron chi connectivity index (χ0n) is 14.4. The van der Waals surface area contributed by atoms with Crippen LogP contribution in [0.25, 0.3) is 11.0 Å². The van der Waals surface area contributed by atoms with Crippen molar-refractivity contribution in [3.63, 3.8) is 0 Å². The molecule has 0 spiro atoms. The third kappa shape index (κ3) is 5.25. The van der Waals surface area contributed by atoms with Crippen LogP contribution in [0.3, 0.4) is 0 Å². The minimum atomic E-state index is -1.11. The lowest BCUT2D eigenvalue weighted by molar-refractivity contribution is 0.0533. The van der Waals surface area contributed by atoms with Gasteiger partial charge in [-0.1, -0.05) is 5.21 Å². The number of carbonyl (C=O) groups is 2. The van der Waals surface area contributed by atoms with Gasteiger partial charge in [-0.15, -0.1) is 5.10 Å². The number of allylic oxidation sites excluding steroid dienone is 1. The molecular weight excluding hydrogens is 411 g/mol. The summed E-state index contributed by atoms with van der Waals surface area (Å²) in [5.74, 6) is -1.68. The zero-order chi connectivity index (χ0) is 19.5. The molecule has 0 saturated carbocycles. The highest BCUT2D eigenvalue weighted by Gasteiger charge is 2.16. The number of carbonyl (C=O) groups excluding carboxylic acids is 1. The van der Waals surface area contributed by atoms with Gasteiger partial charge in [-0.25, -0.2) is 18.7 Å². The highest BCUT2D eigenvalue weighted by atomic mass is 79.9. The molecule has 0 saturated heterocycles. The van der Waals surface area contributed by atoms with E-state index in [0.717, 1.165) is 0 Å². The lowest BCUT2D eigenvalue weighted by Gasteiger charge is -2.19.